The zero-order valence-electron chi connectivity index (χ0n) is 5.74. The minimum atomic E-state index is -0.0307. The van der Waals surface area contributed by atoms with E-state index in [0.29, 0.717) is 17.8 Å². The molecule has 0 saturated carbocycles. The first kappa shape index (κ1) is 7.40. The highest BCUT2D eigenvalue weighted by Gasteiger charge is 1.96. The van der Waals surface area contributed by atoms with E-state index in [2.05, 4.69) is 5.32 Å². The van der Waals surface area contributed by atoms with E-state index < -0.39 is 0 Å². The van der Waals surface area contributed by atoms with Crippen LogP contribution in [0.4, 0.5) is 11.4 Å². The number of nitrogens with two attached hydrogens (primary N) is 1. The number of carbonyl (C=O) groups excluding carboxylic acids is 1. The summed E-state index contributed by atoms with van der Waals surface area (Å²) in [6.07, 6.45) is 0.533. The molecule has 0 aliphatic heterocycles. The molecule has 0 bridgehead atoms. The number of amides is 1. The van der Waals surface area contributed by atoms with Crippen molar-refractivity contribution in [2.45, 2.75) is 0 Å². The van der Waals surface area contributed by atoms with Gasteiger partial charge in [0.05, 0.1) is 5.69 Å². The maximum Gasteiger partial charge on any atom is 0.211 e. The van der Waals surface area contributed by atoms with E-state index in [0.717, 1.165) is 0 Å². The zero-order valence-corrected chi connectivity index (χ0v) is 5.74. The Kier molecular flexibility index (Phi) is 1.96. The lowest BCUT2D eigenvalue weighted by molar-refractivity contribution is -0.105. The average Bonchev–Trinajstić information content (AvgIpc) is 1.98. The Balaban J connectivity index is 2.95. The lowest BCUT2D eigenvalue weighted by atomic mass is 10.2. The molecular weight excluding hydrogens is 144 g/mol. The first-order valence-electron chi connectivity index (χ1n) is 3.02. The van der Waals surface area contributed by atoms with Crippen molar-refractivity contribution in [3.05, 3.63) is 18.2 Å². The predicted molar refractivity (Wildman–Crippen MR) is 42.2 cm³/mol. The smallest absolute Gasteiger partial charge is 0.211 e. The van der Waals surface area contributed by atoms with Gasteiger partial charge in [-0.3, -0.25) is 4.79 Å². The molecule has 0 aromatic heterocycles. The van der Waals surface area contributed by atoms with Crippen LogP contribution in [0.25, 0.3) is 0 Å². The van der Waals surface area contributed by atoms with Gasteiger partial charge in [-0.2, -0.15) is 0 Å². The lowest BCUT2D eigenvalue weighted by Gasteiger charge is -2.00. The van der Waals surface area contributed by atoms with Gasteiger partial charge in [-0.1, -0.05) is 0 Å². The van der Waals surface area contributed by atoms with Crippen molar-refractivity contribution in [1.29, 1.82) is 0 Å². The summed E-state index contributed by atoms with van der Waals surface area (Å²) in [6, 6.07) is 4.49. The molecule has 4 N–H and O–H groups in total. The third-order valence-corrected chi connectivity index (χ3v) is 1.26. The Bertz CT molecular complexity index is 273. The minimum Gasteiger partial charge on any atom is -0.506 e. The number of phenolic OH excluding ortho intramolecular Hbond substituents is 1. The molecule has 1 amide bonds. The SMILES string of the molecule is Nc1ccc(NC=O)cc1O. The third kappa shape index (κ3) is 1.61. The van der Waals surface area contributed by atoms with Gasteiger partial charge < -0.3 is 16.2 Å². The Labute approximate surface area is 63.6 Å². The van der Waals surface area contributed by atoms with Gasteiger partial charge in [0.1, 0.15) is 5.75 Å². The molecule has 0 radical (unpaired) electrons. The fraction of sp³-hybridized carbons (Fsp3) is 0. The summed E-state index contributed by atoms with van der Waals surface area (Å²) in [5.41, 5.74) is 6.13. The van der Waals surface area contributed by atoms with Gasteiger partial charge in [-0.25, -0.2) is 0 Å². The second-order valence-corrected chi connectivity index (χ2v) is 2.04. The highest BCUT2D eigenvalue weighted by Crippen LogP contribution is 2.22. The molecule has 1 aromatic carbocycles. The molecule has 0 fully saturated rings. The summed E-state index contributed by atoms with van der Waals surface area (Å²) >= 11 is 0. The van der Waals surface area contributed by atoms with Crippen molar-refractivity contribution in [3.8, 4) is 5.75 Å². The van der Waals surface area contributed by atoms with Gasteiger partial charge in [0, 0.05) is 11.8 Å². The molecule has 1 aromatic rings. The quantitative estimate of drug-likeness (QED) is 0.329. The van der Waals surface area contributed by atoms with Crippen LogP contribution in [0.2, 0.25) is 0 Å². The van der Waals surface area contributed by atoms with Crippen molar-refractivity contribution in [2.24, 2.45) is 0 Å². The summed E-state index contributed by atoms with van der Waals surface area (Å²) in [4.78, 5) is 9.95. The van der Waals surface area contributed by atoms with E-state index in [-0.39, 0.29) is 5.75 Å². The van der Waals surface area contributed by atoms with Crippen molar-refractivity contribution in [1.82, 2.24) is 0 Å². The number of hydrogen-bond acceptors (Lipinski definition) is 3. The first-order valence-corrected chi connectivity index (χ1v) is 3.02. The van der Waals surface area contributed by atoms with Crippen LogP contribution in [0.3, 0.4) is 0 Å². The van der Waals surface area contributed by atoms with E-state index in [9.17, 15) is 4.79 Å². The summed E-state index contributed by atoms with van der Waals surface area (Å²) in [5.74, 6) is -0.0307. The van der Waals surface area contributed by atoms with E-state index in [1.165, 1.54) is 12.1 Å². The number of nitrogen functional groups attached to an aromatic ring is 1. The fourth-order valence-electron chi connectivity index (χ4n) is 0.701. The van der Waals surface area contributed by atoms with Crippen LogP contribution in [0, 0.1) is 0 Å². The maximum absolute atomic E-state index is 9.95. The molecule has 0 saturated heterocycles. The molecule has 4 nitrogen and oxygen atoms in total. The molecule has 0 aliphatic rings. The maximum atomic E-state index is 9.95. The number of rotatable bonds is 2. The van der Waals surface area contributed by atoms with Crippen molar-refractivity contribution in [2.75, 3.05) is 11.1 Å². The van der Waals surface area contributed by atoms with Gasteiger partial charge in [-0.05, 0) is 12.1 Å². The molecular formula is C7H8N2O2. The van der Waals surface area contributed by atoms with Crippen LogP contribution in [-0.2, 0) is 4.79 Å². The highest BCUT2D eigenvalue weighted by molar-refractivity contribution is 5.73. The molecule has 1 rings (SSSR count). The predicted octanol–water partition coefficient (Wildman–Crippen LogP) is 0.543. The standard InChI is InChI=1S/C7H8N2O2/c8-6-2-1-5(9-4-10)3-7(6)11/h1-4,11H,8H2,(H,9,10). The van der Waals surface area contributed by atoms with Crippen molar-refractivity contribution < 1.29 is 9.90 Å². The molecule has 0 atom stereocenters. The molecule has 0 aliphatic carbocycles. The number of phenols is 1. The van der Waals surface area contributed by atoms with E-state index in [1.807, 2.05) is 0 Å². The van der Waals surface area contributed by atoms with Gasteiger partial charge in [0.15, 0.2) is 0 Å². The number of aromatic hydroxyl groups is 1. The van der Waals surface area contributed by atoms with Crippen molar-refractivity contribution >= 4 is 17.8 Å². The topological polar surface area (TPSA) is 75.3 Å². The van der Waals surface area contributed by atoms with Gasteiger partial charge >= 0.3 is 0 Å². The summed E-state index contributed by atoms with van der Waals surface area (Å²) in [5, 5.41) is 11.4. The van der Waals surface area contributed by atoms with E-state index in [1.54, 1.807) is 6.07 Å². The monoisotopic (exact) mass is 152 g/mol. The van der Waals surface area contributed by atoms with Gasteiger partial charge in [-0.15, -0.1) is 0 Å². The number of carbonyl (C=O) groups is 1. The molecule has 0 heterocycles. The van der Waals surface area contributed by atoms with Gasteiger partial charge in [0.2, 0.25) is 6.41 Å². The van der Waals surface area contributed by atoms with Crippen LogP contribution in [0.1, 0.15) is 0 Å². The molecule has 0 unspecified atom stereocenters. The van der Waals surface area contributed by atoms with Crippen LogP contribution in [0.5, 0.6) is 5.75 Å². The lowest BCUT2D eigenvalue weighted by Crippen LogP contribution is -1.94. The summed E-state index contributed by atoms with van der Waals surface area (Å²) in [6.45, 7) is 0. The molecule has 4 heteroatoms. The first-order chi connectivity index (χ1) is 5.24. The van der Waals surface area contributed by atoms with Crippen LogP contribution in [0.15, 0.2) is 18.2 Å². The minimum absolute atomic E-state index is 0.0307. The number of hydrogen-bond donors (Lipinski definition) is 3. The molecule has 0 spiro atoms. The Morgan fingerprint density at radius 2 is 2.27 bits per heavy atom. The van der Waals surface area contributed by atoms with Crippen molar-refractivity contribution in [3.63, 3.8) is 0 Å². The van der Waals surface area contributed by atoms with Gasteiger partial charge in [0.25, 0.3) is 0 Å². The Morgan fingerprint density at radius 1 is 1.55 bits per heavy atom. The van der Waals surface area contributed by atoms with Crippen LogP contribution in [-0.4, -0.2) is 11.5 Å². The van der Waals surface area contributed by atoms with E-state index >= 15 is 0 Å². The largest absolute Gasteiger partial charge is 0.506 e. The number of anilines is 2. The fourth-order valence-corrected chi connectivity index (χ4v) is 0.701. The van der Waals surface area contributed by atoms with Crippen LogP contribution >= 0.6 is 0 Å². The van der Waals surface area contributed by atoms with E-state index in [4.69, 9.17) is 10.8 Å². The molecule has 11 heavy (non-hydrogen) atoms. The summed E-state index contributed by atoms with van der Waals surface area (Å²) in [7, 11) is 0. The number of benzene rings is 1. The zero-order chi connectivity index (χ0) is 8.27. The Hall–Kier alpha value is -1.71. The molecule has 58 valence electrons. The second kappa shape index (κ2) is 2.92. The highest BCUT2D eigenvalue weighted by atomic mass is 16.3. The van der Waals surface area contributed by atoms with Crippen LogP contribution < -0.4 is 11.1 Å². The average molecular weight is 152 g/mol. The second-order valence-electron chi connectivity index (χ2n) is 2.04. The number of nitrogens with one attached hydrogen (secondary N) is 1. The Morgan fingerprint density at radius 3 is 2.82 bits per heavy atom. The normalized spacial score (nSPS) is 9.09. The summed E-state index contributed by atoms with van der Waals surface area (Å²) < 4.78 is 0. The third-order valence-electron chi connectivity index (χ3n) is 1.26.